The number of fused-ring (bicyclic) bond motifs is 6. The Morgan fingerprint density at radius 1 is 1.03 bits per heavy atom. The first-order valence-electron chi connectivity index (χ1n) is 13.8. The zero-order chi connectivity index (χ0) is 24.5. The lowest BCUT2D eigenvalue weighted by molar-refractivity contribution is -0.180. The van der Waals surface area contributed by atoms with Crippen LogP contribution in [0.2, 0.25) is 0 Å². The maximum Gasteiger partial charge on any atom is 0.314 e. The Bertz CT molecular complexity index is 1190. The number of benzene rings is 2. The van der Waals surface area contributed by atoms with Gasteiger partial charge in [0.2, 0.25) is 0 Å². The molecule has 0 bridgehead atoms. The molecule has 6 rings (SSSR count). The number of carbonyl (C=O) groups excluding carboxylic acids is 1. The number of methoxy groups -OCH3 is 1. The van der Waals surface area contributed by atoms with E-state index in [1.54, 1.807) is 0 Å². The van der Waals surface area contributed by atoms with E-state index in [9.17, 15) is 4.79 Å². The van der Waals surface area contributed by atoms with Crippen LogP contribution in [0.5, 0.6) is 0 Å². The summed E-state index contributed by atoms with van der Waals surface area (Å²) in [7, 11) is 1.53. The van der Waals surface area contributed by atoms with Crippen molar-refractivity contribution in [3.05, 3.63) is 71.4 Å². The van der Waals surface area contributed by atoms with E-state index in [1.807, 2.05) is 0 Å². The van der Waals surface area contributed by atoms with Gasteiger partial charge in [-0.05, 0) is 61.1 Å². The molecule has 3 aliphatic rings. The molecule has 190 valence electrons. The van der Waals surface area contributed by atoms with Crippen LogP contribution in [0.4, 0.5) is 0 Å². The van der Waals surface area contributed by atoms with Gasteiger partial charge < -0.3 is 14.5 Å². The van der Waals surface area contributed by atoms with E-state index in [0.717, 1.165) is 50.2 Å². The molecule has 1 saturated carbocycles. The fourth-order valence-electron chi connectivity index (χ4n) is 7.34. The second-order valence-electron chi connectivity index (χ2n) is 11.0. The molecule has 36 heavy (non-hydrogen) atoms. The number of H-pyrrole nitrogens is 1. The fraction of sp³-hybridized carbons (Fsp3) is 0.516. The Morgan fingerprint density at radius 3 is 2.69 bits per heavy atom. The number of aryl methyl sites for hydroxylation is 1. The quantitative estimate of drug-likeness (QED) is 0.459. The van der Waals surface area contributed by atoms with Crippen molar-refractivity contribution in [1.29, 1.82) is 0 Å². The van der Waals surface area contributed by atoms with Gasteiger partial charge in [0.25, 0.3) is 0 Å². The highest BCUT2D eigenvalue weighted by Crippen LogP contribution is 2.47. The van der Waals surface area contributed by atoms with Gasteiger partial charge in [-0.3, -0.25) is 9.69 Å². The van der Waals surface area contributed by atoms with E-state index in [0.29, 0.717) is 17.8 Å². The average Bonchev–Trinajstić information content (AvgIpc) is 3.29. The summed E-state index contributed by atoms with van der Waals surface area (Å²) < 4.78 is 12.2. The summed E-state index contributed by atoms with van der Waals surface area (Å²) in [5, 5.41) is 1.24. The third kappa shape index (κ3) is 4.48. The van der Waals surface area contributed by atoms with Gasteiger partial charge >= 0.3 is 5.97 Å². The molecule has 0 spiro atoms. The Hall–Kier alpha value is -2.63. The molecule has 5 nitrogen and oxygen atoms in total. The lowest BCUT2D eigenvalue weighted by Crippen LogP contribution is -2.53. The summed E-state index contributed by atoms with van der Waals surface area (Å²) in [6.45, 7) is 2.70. The molecule has 1 N–H and O–H groups in total. The minimum Gasteiger partial charge on any atom is -0.469 e. The van der Waals surface area contributed by atoms with Gasteiger partial charge in [0.05, 0.1) is 19.6 Å². The summed E-state index contributed by atoms with van der Waals surface area (Å²) in [4.78, 5) is 19.6. The number of esters is 1. The molecule has 2 aromatic carbocycles. The third-order valence-corrected chi connectivity index (χ3v) is 9.01. The molecule has 5 atom stereocenters. The molecule has 1 aliphatic carbocycles. The zero-order valence-corrected chi connectivity index (χ0v) is 21.3. The second kappa shape index (κ2) is 10.4. The summed E-state index contributed by atoms with van der Waals surface area (Å²) in [6, 6.07) is 19.2. The van der Waals surface area contributed by atoms with E-state index < -0.39 is 0 Å². The van der Waals surface area contributed by atoms with Crippen molar-refractivity contribution >= 4 is 16.9 Å². The predicted molar refractivity (Wildman–Crippen MR) is 142 cm³/mol. The van der Waals surface area contributed by atoms with Crippen LogP contribution in [0.1, 0.15) is 61.3 Å². The molecule has 0 unspecified atom stereocenters. The maximum atomic E-state index is 13.4. The van der Waals surface area contributed by atoms with Crippen LogP contribution in [0.25, 0.3) is 10.9 Å². The van der Waals surface area contributed by atoms with Crippen molar-refractivity contribution in [3.8, 4) is 0 Å². The number of carbonyl (C=O) groups is 1. The van der Waals surface area contributed by atoms with E-state index in [4.69, 9.17) is 9.47 Å². The number of aromatic amines is 1. The van der Waals surface area contributed by atoms with Crippen molar-refractivity contribution in [2.24, 2.45) is 17.8 Å². The van der Waals surface area contributed by atoms with Crippen LogP contribution in [0, 0.1) is 17.8 Å². The van der Waals surface area contributed by atoms with Crippen LogP contribution in [0.15, 0.2) is 54.6 Å². The van der Waals surface area contributed by atoms with Crippen molar-refractivity contribution in [2.45, 2.75) is 63.6 Å². The number of para-hydroxylation sites is 1. The average molecular weight is 487 g/mol. The van der Waals surface area contributed by atoms with E-state index in [1.165, 1.54) is 49.3 Å². The number of ether oxygens (including phenoxy) is 2. The van der Waals surface area contributed by atoms with Crippen molar-refractivity contribution in [1.82, 2.24) is 9.88 Å². The number of nitrogens with one attached hydrogen (secondary N) is 1. The molecule has 5 heteroatoms. The third-order valence-electron chi connectivity index (χ3n) is 9.01. The van der Waals surface area contributed by atoms with Crippen LogP contribution in [-0.2, 0) is 27.2 Å². The fourth-order valence-corrected chi connectivity index (χ4v) is 7.34. The normalized spacial score (nSPS) is 29.1. The van der Waals surface area contributed by atoms with Crippen LogP contribution in [-0.4, -0.2) is 42.3 Å². The summed E-state index contributed by atoms with van der Waals surface area (Å²) in [6.07, 6.45) is 7.81. The molecule has 0 radical (unpaired) electrons. The highest BCUT2D eigenvalue weighted by atomic mass is 16.5. The second-order valence-corrected chi connectivity index (χ2v) is 11.0. The smallest absolute Gasteiger partial charge is 0.314 e. The van der Waals surface area contributed by atoms with Gasteiger partial charge in [-0.1, -0.05) is 61.4 Å². The summed E-state index contributed by atoms with van der Waals surface area (Å²) in [5.74, 6) is 1.06. The Kier molecular flexibility index (Phi) is 6.85. The van der Waals surface area contributed by atoms with E-state index in [2.05, 4.69) is 64.5 Å². The SMILES string of the molecule is COC(=O)[C@H]1C[C@@H]2[C@@H]3CCCC[C@@H]3CO[C@H]2N(Cc2ccccc2)CCCc2c1[nH]c1ccccc21. The molecular formula is C31H38N2O3. The van der Waals surface area contributed by atoms with Gasteiger partial charge in [-0.25, -0.2) is 0 Å². The molecule has 1 aromatic heterocycles. The van der Waals surface area contributed by atoms with E-state index >= 15 is 0 Å². The highest BCUT2D eigenvalue weighted by molar-refractivity contribution is 5.88. The number of nitrogens with zero attached hydrogens (tertiary/aromatic N) is 1. The van der Waals surface area contributed by atoms with E-state index in [-0.39, 0.29) is 18.1 Å². The Balaban J connectivity index is 1.43. The van der Waals surface area contributed by atoms with Crippen LogP contribution in [0.3, 0.4) is 0 Å². The van der Waals surface area contributed by atoms with Gasteiger partial charge in [-0.2, -0.15) is 0 Å². The number of rotatable bonds is 3. The molecule has 2 aliphatic heterocycles. The van der Waals surface area contributed by atoms with Gasteiger partial charge in [-0.15, -0.1) is 0 Å². The standard InChI is InChI=1S/C31H38N2O3/c1-35-31(34)27-18-26-23-13-6-5-12-22(23)20-36-30(26)33(19-21-10-3-2-4-11-21)17-9-15-25-24-14-7-8-16-28(24)32-29(25)27/h2-4,7-8,10-11,14,16,22-23,26-27,30,32H,5-6,9,12-13,15,17-20H2,1H3/t22-,23-,26-,27+,30-/m1/s1. The van der Waals surface area contributed by atoms with Gasteiger partial charge in [0.1, 0.15) is 6.23 Å². The molecular weight excluding hydrogens is 448 g/mol. The number of aromatic nitrogens is 1. The topological polar surface area (TPSA) is 54.6 Å². The zero-order valence-electron chi connectivity index (χ0n) is 21.3. The van der Waals surface area contributed by atoms with Crippen molar-refractivity contribution in [2.75, 3.05) is 20.3 Å². The number of hydrogen-bond donors (Lipinski definition) is 1. The van der Waals surface area contributed by atoms with Gasteiger partial charge in [0.15, 0.2) is 0 Å². The maximum absolute atomic E-state index is 13.4. The van der Waals surface area contributed by atoms with Crippen molar-refractivity contribution in [3.63, 3.8) is 0 Å². The Labute approximate surface area is 214 Å². The molecule has 3 heterocycles. The minimum absolute atomic E-state index is 0.0302. The minimum atomic E-state index is -0.300. The van der Waals surface area contributed by atoms with Crippen LogP contribution >= 0.6 is 0 Å². The molecule has 0 amide bonds. The molecule has 3 aromatic rings. The first-order chi connectivity index (χ1) is 17.7. The molecule has 1 saturated heterocycles. The highest BCUT2D eigenvalue weighted by Gasteiger charge is 2.46. The first kappa shape index (κ1) is 23.7. The lowest BCUT2D eigenvalue weighted by atomic mass is 9.67. The van der Waals surface area contributed by atoms with Gasteiger partial charge in [0, 0.05) is 35.6 Å². The number of hydrogen-bond acceptors (Lipinski definition) is 4. The van der Waals surface area contributed by atoms with Crippen molar-refractivity contribution < 1.29 is 14.3 Å². The Morgan fingerprint density at radius 2 is 1.83 bits per heavy atom. The lowest BCUT2D eigenvalue weighted by Gasteiger charge is -2.50. The summed E-state index contributed by atoms with van der Waals surface area (Å²) in [5.41, 5.74) is 4.79. The molecule has 2 fully saturated rings. The first-order valence-corrected chi connectivity index (χ1v) is 13.8. The monoisotopic (exact) mass is 486 g/mol. The summed E-state index contributed by atoms with van der Waals surface area (Å²) >= 11 is 0. The largest absolute Gasteiger partial charge is 0.469 e. The predicted octanol–water partition coefficient (Wildman–Crippen LogP) is 6.04. The van der Waals surface area contributed by atoms with Crippen LogP contribution < -0.4 is 0 Å².